The zero-order valence-electron chi connectivity index (χ0n) is 26.5. The Morgan fingerprint density at radius 1 is 0.469 bits per heavy atom. The van der Waals surface area contributed by atoms with Crippen LogP contribution in [0.25, 0.3) is 60.8 Å². The lowest BCUT2D eigenvalue weighted by atomic mass is 9.66. The van der Waals surface area contributed by atoms with Crippen LogP contribution in [0.2, 0.25) is 0 Å². The summed E-state index contributed by atoms with van der Waals surface area (Å²) in [7, 11) is 0. The average molecular weight is 625 g/mol. The Bertz CT molecular complexity index is 2770. The molecule has 7 aromatic carbocycles. The van der Waals surface area contributed by atoms with E-state index in [9.17, 15) is 0 Å². The monoisotopic (exact) mass is 624 g/mol. The van der Waals surface area contributed by atoms with E-state index in [0.29, 0.717) is 0 Å². The van der Waals surface area contributed by atoms with Gasteiger partial charge >= 0.3 is 0 Å². The molecule has 11 rings (SSSR count). The van der Waals surface area contributed by atoms with Gasteiger partial charge in [0.15, 0.2) is 0 Å². The highest BCUT2D eigenvalue weighted by atomic mass is 16.5. The molecule has 2 aliphatic rings. The second-order valence-corrected chi connectivity index (χ2v) is 13.0. The Hall–Kier alpha value is -6.45. The van der Waals surface area contributed by atoms with Gasteiger partial charge in [-0.15, -0.1) is 0 Å². The maximum atomic E-state index is 7.09. The van der Waals surface area contributed by atoms with Crippen LogP contribution in [0.15, 0.2) is 170 Å². The van der Waals surface area contributed by atoms with Gasteiger partial charge in [-0.25, -0.2) is 4.98 Å². The third-order valence-corrected chi connectivity index (χ3v) is 10.7. The second kappa shape index (κ2) is 9.79. The molecule has 1 aliphatic carbocycles. The van der Waals surface area contributed by atoms with Crippen LogP contribution in [-0.4, -0.2) is 9.55 Å². The van der Waals surface area contributed by atoms with E-state index < -0.39 is 5.41 Å². The lowest BCUT2D eigenvalue weighted by Gasteiger charge is -2.39. The van der Waals surface area contributed by atoms with Gasteiger partial charge in [0.05, 0.1) is 27.4 Å². The molecule has 0 N–H and O–H groups in total. The van der Waals surface area contributed by atoms with Gasteiger partial charge in [0, 0.05) is 21.9 Å². The Morgan fingerprint density at radius 3 is 1.90 bits per heavy atom. The lowest BCUT2D eigenvalue weighted by Crippen LogP contribution is -2.32. The van der Waals surface area contributed by atoms with Gasteiger partial charge in [-0.2, -0.15) is 0 Å². The van der Waals surface area contributed by atoms with Gasteiger partial charge in [0.25, 0.3) is 0 Å². The molecule has 0 fully saturated rings. The predicted octanol–water partition coefficient (Wildman–Crippen LogP) is 11.5. The number of rotatable bonds is 2. The first-order chi connectivity index (χ1) is 24.3. The van der Waals surface area contributed by atoms with Gasteiger partial charge in [-0.3, -0.25) is 4.57 Å². The molecule has 0 saturated heterocycles. The van der Waals surface area contributed by atoms with E-state index >= 15 is 0 Å². The van der Waals surface area contributed by atoms with Crippen molar-refractivity contribution in [1.82, 2.24) is 9.55 Å². The fourth-order valence-corrected chi connectivity index (χ4v) is 8.75. The summed E-state index contributed by atoms with van der Waals surface area (Å²) in [6.45, 7) is 0. The molecule has 0 saturated carbocycles. The van der Waals surface area contributed by atoms with Gasteiger partial charge in [-0.1, -0.05) is 140 Å². The molecule has 0 unspecified atom stereocenters. The van der Waals surface area contributed by atoms with Crippen molar-refractivity contribution >= 4 is 32.7 Å². The van der Waals surface area contributed by atoms with E-state index in [2.05, 4.69) is 174 Å². The third-order valence-electron chi connectivity index (χ3n) is 10.7. The van der Waals surface area contributed by atoms with Gasteiger partial charge in [-0.05, 0) is 63.7 Å². The lowest BCUT2D eigenvalue weighted by molar-refractivity contribution is 0.442. The first-order valence-electron chi connectivity index (χ1n) is 16.8. The summed E-state index contributed by atoms with van der Waals surface area (Å²) in [5, 5.41) is 3.37. The number of aromatic nitrogens is 2. The number of hydrogen-bond donors (Lipinski definition) is 0. The largest absolute Gasteiger partial charge is 0.456 e. The summed E-state index contributed by atoms with van der Waals surface area (Å²) >= 11 is 0. The van der Waals surface area contributed by atoms with Crippen molar-refractivity contribution in [3.8, 4) is 39.6 Å². The molecule has 1 aliphatic heterocycles. The molecular weight excluding hydrogens is 597 g/mol. The number of benzene rings is 7. The van der Waals surface area contributed by atoms with Gasteiger partial charge in [0.1, 0.15) is 17.3 Å². The minimum atomic E-state index is -0.517. The van der Waals surface area contributed by atoms with Gasteiger partial charge < -0.3 is 4.74 Å². The number of ether oxygens (including phenoxy) is 1. The molecular formula is C46H28N2O. The quantitative estimate of drug-likeness (QED) is 0.191. The van der Waals surface area contributed by atoms with Crippen LogP contribution in [-0.2, 0) is 5.41 Å². The highest BCUT2D eigenvalue weighted by molar-refractivity contribution is 6.14. The van der Waals surface area contributed by atoms with Crippen LogP contribution in [0.3, 0.4) is 0 Å². The maximum absolute atomic E-state index is 7.09. The molecule has 0 atom stereocenters. The van der Waals surface area contributed by atoms with E-state index in [-0.39, 0.29) is 0 Å². The van der Waals surface area contributed by atoms with Gasteiger partial charge in [0.2, 0.25) is 0 Å². The Labute approximate surface area is 283 Å². The summed E-state index contributed by atoms with van der Waals surface area (Å²) in [4.78, 5) is 5.30. The first-order valence-corrected chi connectivity index (χ1v) is 16.8. The molecule has 2 aromatic heterocycles. The normalized spacial score (nSPS) is 13.6. The summed E-state index contributed by atoms with van der Waals surface area (Å²) in [6.07, 6.45) is 0. The van der Waals surface area contributed by atoms with Crippen molar-refractivity contribution in [2.24, 2.45) is 0 Å². The average Bonchev–Trinajstić information content (AvgIpc) is 3.66. The zero-order valence-corrected chi connectivity index (χ0v) is 26.5. The molecule has 0 amide bonds. The third kappa shape index (κ3) is 3.44. The molecule has 0 bridgehead atoms. The Balaban J connectivity index is 1.27. The number of nitrogens with zero attached hydrogens (tertiary/aromatic N) is 2. The second-order valence-electron chi connectivity index (χ2n) is 13.0. The van der Waals surface area contributed by atoms with Crippen LogP contribution in [0.1, 0.15) is 22.3 Å². The van der Waals surface area contributed by atoms with E-state index in [1.807, 2.05) is 0 Å². The van der Waals surface area contributed by atoms with E-state index in [0.717, 1.165) is 61.2 Å². The van der Waals surface area contributed by atoms with E-state index in [1.54, 1.807) is 0 Å². The minimum absolute atomic E-state index is 0.517. The van der Waals surface area contributed by atoms with Crippen molar-refractivity contribution < 1.29 is 4.74 Å². The Kier molecular flexibility index (Phi) is 5.31. The molecule has 1 spiro atoms. The topological polar surface area (TPSA) is 27.1 Å². The van der Waals surface area contributed by atoms with E-state index in [1.165, 1.54) is 33.4 Å². The van der Waals surface area contributed by atoms with Crippen molar-refractivity contribution in [1.29, 1.82) is 0 Å². The van der Waals surface area contributed by atoms with Crippen molar-refractivity contribution in [2.75, 3.05) is 0 Å². The van der Waals surface area contributed by atoms with Crippen molar-refractivity contribution in [3.63, 3.8) is 0 Å². The number of fused-ring (bicyclic) bond motifs is 14. The number of para-hydroxylation sites is 3. The molecule has 49 heavy (non-hydrogen) atoms. The SMILES string of the molecule is c1ccc(-c2cc(-n3c4ccccc4c4c5c(ccc43)C3(c4ccccc4O5)c4ccccc4-c4ccccc43)nc3ccccc23)cc1. The zero-order chi connectivity index (χ0) is 32.1. The highest BCUT2D eigenvalue weighted by Crippen LogP contribution is 2.63. The molecule has 0 radical (unpaired) electrons. The standard InChI is InChI=1S/C46H28N2O/c1-2-14-29(15-3-1)34-28-43(47-39-23-11-6-18-32(34)39)48-40-24-12-7-19-33(40)44-41(48)27-26-38-45(44)49-42-25-13-10-22-37(42)46(38)35-20-8-4-16-30(35)31-17-5-9-21-36(31)46/h1-28H. The van der Waals surface area contributed by atoms with Crippen molar-refractivity contribution in [3.05, 3.63) is 192 Å². The number of hydrogen-bond acceptors (Lipinski definition) is 2. The fraction of sp³-hybridized carbons (Fsp3) is 0.0217. The van der Waals surface area contributed by atoms with Crippen LogP contribution in [0.5, 0.6) is 11.5 Å². The van der Waals surface area contributed by atoms with Crippen LogP contribution in [0, 0.1) is 0 Å². The maximum Gasteiger partial charge on any atom is 0.142 e. The van der Waals surface area contributed by atoms with Crippen LogP contribution >= 0.6 is 0 Å². The molecule has 3 nitrogen and oxygen atoms in total. The molecule has 9 aromatic rings. The summed E-state index contributed by atoms with van der Waals surface area (Å²) in [5.41, 5.74) is 12.4. The highest BCUT2D eigenvalue weighted by Gasteiger charge is 2.51. The molecule has 228 valence electrons. The van der Waals surface area contributed by atoms with Crippen molar-refractivity contribution in [2.45, 2.75) is 5.41 Å². The minimum Gasteiger partial charge on any atom is -0.456 e. The van der Waals surface area contributed by atoms with Crippen LogP contribution < -0.4 is 4.74 Å². The number of pyridine rings is 1. The smallest absolute Gasteiger partial charge is 0.142 e. The first kappa shape index (κ1) is 26.6. The summed E-state index contributed by atoms with van der Waals surface area (Å²) in [6, 6.07) is 60.9. The summed E-state index contributed by atoms with van der Waals surface area (Å²) < 4.78 is 9.41. The van der Waals surface area contributed by atoms with E-state index in [4.69, 9.17) is 9.72 Å². The van der Waals surface area contributed by atoms with Crippen LogP contribution in [0.4, 0.5) is 0 Å². The Morgan fingerprint density at radius 2 is 1.10 bits per heavy atom. The predicted molar refractivity (Wildman–Crippen MR) is 199 cm³/mol. The molecule has 3 heteroatoms. The summed E-state index contributed by atoms with van der Waals surface area (Å²) in [5.74, 6) is 2.67. The fourth-order valence-electron chi connectivity index (χ4n) is 8.75. The molecule has 3 heterocycles.